The van der Waals surface area contributed by atoms with Crippen molar-refractivity contribution in [3.63, 3.8) is 0 Å². The van der Waals surface area contributed by atoms with E-state index in [0.29, 0.717) is 12.5 Å². The molecule has 11 heavy (non-hydrogen) atoms. The van der Waals surface area contributed by atoms with Gasteiger partial charge in [-0.15, -0.1) is 11.6 Å². The van der Waals surface area contributed by atoms with Crippen LogP contribution in [0.25, 0.3) is 0 Å². The van der Waals surface area contributed by atoms with Gasteiger partial charge in [-0.2, -0.15) is 0 Å². The Labute approximate surface area is 70.6 Å². The predicted molar refractivity (Wildman–Crippen MR) is 40.6 cm³/mol. The van der Waals surface area contributed by atoms with Crippen LogP contribution in [0.4, 0.5) is 0 Å². The third kappa shape index (κ3) is 1.84. The molecule has 1 heterocycles. The average Bonchev–Trinajstić information content (AvgIpc) is 2.50. The van der Waals surface area contributed by atoms with Crippen LogP contribution in [-0.2, 0) is 14.3 Å². The molecule has 3 nitrogen and oxygen atoms in total. The van der Waals surface area contributed by atoms with Crippen LogP contribution in [0.15, 0.2) is 0 Å². The molecule has 64 valence electrons. The Morgan fingerprint density at radius 1 is 1.82 bits per heavy atom. The van der Waals surface area contributed by atoms with E-state index in [4.69, 9.17) is 16.3 Å². The van der Waals surface area contributed by atoms with E-state index < -0.39 is 6.10 Å². The number of hydrogen-bond donors (Lipinski definition) is 0. The normalized spacial score (nSPS) is 30.4. The summed E-state index contributed by atoms with van der Waals surface area (Å²) >= 11 is 5.62. The highest BCUT2D eigenvalue weighted by atomic mass is 35.5. The summed E-state index contributed by atoms with van der Waals surface area (Å²) in [4.78, 5) is 11.0. The summed E-state index contributed by atoms with van der Waals surface area (Å²) in [5.74, 6) is 0.275. The molecular weight excluding hydrogens is 168 g/mol. The molecule has 0 N–H and O–H groups in total. The molecule has 0 aromatic carbocycles. The Kier molecular flexibility index (Phi) is 3.15. The molecule has 1 aliphatic heterocycles. The summed E-state index contributed by atoms with van der Waals surface area (Å²) in [5.41, 5.74) is 0. The average molecular weight is 179 g/mol. The third-order valence-corrected chi connectivity index (χ3v) is 2.24. The zero-order valence-electron chi connectivity index (χ0n) is 6.38. The molecule has 0 spiro atoms. The van der Waals surface area contributed by atoms with E-state index in [1.54, 1.807) is 0 Å². The van der Waals surface area contributed by atoms with Crippen molar-refractivity contribution in [3.05, 3.63) is 0 Å². The number of esters is 1. The van der Waals surface area contributed by atoms with E-state index >= 15 is 0 Å². The van der Waals surface area contributed by atoms with E-state index in [-0.39, 0.29) is 11.9 Å². The van der Waals surface area contributed by atoms with Gasteiger partial charge in [-0.1, -0.05) is 0 Å². The number of methoxy groups -OCH3 is 1. The van der Waals surface area contributed by atoms with Gasteiger partial charge in [0.1, 0.15) is 0 Å². The summed E-state index contributed by atoms with van der Waals surface area (Å²) in [6, 6.07) is 0. The number of halogens is 1. The molecule has 0 amide bonds. The van der Waals surface area contributed by atoms with E-state index in [2.05, 4.69) is 4.74 Å². The highest BCUT2D eigenvalue weighted by molar-refractivity contribution is 6.18. The monoisotopic (exact) mass is 178 g/mol. The maximum absolute atomic E-state index is 11.0. The number of ether oxygens (including phenoxy) is 2. The van der Waals surface area contributed by atoms with Crippen molar-refractivity contribution in [2.45, 2.75) is 12.5 Å². The second kappa shape index (κ2) is 3.93. The number of rotatable bonds is 2. The summed E-state index contributed by atoms with van der Waals surface area (Å²) in [6.45, 7) is 0.608. The Hall–Kier alpha value is -0.280. The van der Waals surface area contributed by atoms with Gasteiger partial charge in [-0.3, -0.25) is 0 Å². The topological polar surface area (TPSA) is 35.5 Å². The standard InChI is InChI=1S/C7H11ClO3/c1-10-7(9)6-5(4-8)2-3-11-6/h5-6H,2-4H2,1H3/t5-,6-/m0/s1. The molecule has 1 aliphatic rings. The Morgan fingerprint density at radius 3 is 3.09 bits per heavy atom. The molecule has 0 radical (unpaired) electrons. The van der Waals surface area contributed by atoms with Crippen molar-refractivity contribution in [1.82, 2.24) is 0 Å². The SMILES string of the molecule is COC(=O)[C@H]1OCC[C@H]1CCl. The van der Waals surface area contributed by atoms with Gasteiger partial charge in [0, 0.05) is 18.4 Å². The first kappa shape index (κ1) is 8.81. The van der Waals surface area contributed by atoms with Crippen LogP contribution in [0.1, 0.15) is 6.42 Å². The number of hydrogen-bond acceptors (Lipinski definition) is 3. The lowest BCUT2D eigenvalue weighted by Gasteiger charge is -2.12. The molecule has 0 aromatic heterocycles. The van der Waals surface area contributed by atoms with Gasteiger partial charge in [0.05, 0.1) is 7.11 Å². The van der Waals surface area contributed by atoms with Crippen LogP contribution in [0, 0.1) is 5.92 Å². The van der Waals surface area contributed by atoms with Gasteiger partial charge in [0.25, 0.3) is 0 Å². The van der Waals surface area contributed by atoms with Crippen molar-refractivity contribution in [1.29, 1.82) is 0 Å². The first-order valence-corrected chi connectivity index (χ1v) is 4.08. The van der Waals surface area contributed by atoms with Crippen LogP contribution in [0.2, 0.25) is 0 Å². The van der Waals surface area contributed by atoms with Crippen LogP contribution >= 0.6 is 11.6 Å². The van der Waals surface area contributed by atoms with Crippen LogP contribution in [0.5, 0.6) is 0 Å². The lowest BCUT2D eigenvalue weighted by atomic mass is 10.0. The fourth-order valence-electron chi connectivity index (χ4n) is 1.17. The van der Waals surface area contributed by atoms with Gasteiger partial charge in [0.15, 0.2) is 6.10 Å². The number of carbonyl (C=O) groups is 1. The molecule has 0 bridgehead atoms. The lowest BCUT2D eigenvalue weighted by molar-refractivity contribution is -0.152. The zero-order valence-corrected chi connectivity index (χ0v) is 7.13. The molecular formula is C7H11ClO3. The van der Waals surface area contributed by atoms with Crippen LogP contribution < -0.4 is 0 Å². The minimum atomic E-state index is -0.433. The Balaban J connectivity index is 2.49. The van der Waals surface area contributed by atoms with Gasteiger partial charge in [-0.25, -0.2) is 4.79 Å². The summed E-state index contributed by atoms with van der Waals surface area (Å²) in [7, 11) is 1.36. The molecule has 0 aliphatic carbocycles. The Bertz CT molecular complexity index is 149. The fourth-order valence-corrected chi connectivity index (χ4v) is 1.48. The molecule has 1 saturated heterocycles. The highest BCUT2D eigenvalue weighted by Gasteiger charge is 2.34. The summed E-state index contributed by atoms with van der Waals surface area (Å²) in [5, 5.41) is 0. The number of carbonyl (C=O) groups excluding carboxylic acids is 1. The lowest BCUT2D eigenvalue weighted by Crippen LogP contribution is -2.28. The second-order valence-electron chi connectivity index (χ2n) is 2.52. The van der Waals surface area contributed by atoms with E-state index in [1.165, 1.54) is 7.11 Å². The number of alkyl halides is 1. The van der Waals surface area contributed by atoms with Crippen molar-refractivity contribution in [3.8, 4) is 0 Å². The first-order chi connectivity index (χ1) is 5.29. The van der Waals surface area contributed by atoms with Crippen LogP contribution in [-0.4, -0.2) is 31.7 Å². The minimum absolute atomic E-state index is 0.129. The molecule has 0 aromatic rings. The summed E-state index contributed by atoms with van der Waals surface area (Å²) < 4.78 is 9.69. The van der Waals surface area contributed by atoms with Crippen molar-refractivity contribution in [2.75, 3.05) is 19.6 Å². The molecule has 1 fully saturated rings. The molecule has 0 unspecified atom stereocenters. The fraction of sp³-hybridized carbons (Fsp3) is 0.857. The van der Waals surface area contributed by atoms with Gasteiger partial charge in [0.2, 0.25) is 0 Å². The van der Waals surface area contributed by atoms with Crippen LogP contribution in [0.3, 0.4) is 0 Å². The van der Waals surface area contributed by atoms with E-state index in [0.717, 1.165) is 6.42 Å². The van der Waals surface area contributed by atoms with Gasteiger partial charge >= 0.3 is 5.97 Å². The predicted octanol–water partition coefficient (Wildman–Crippen LogP) is 0.803. The largest absolute Gasteiger partial charge is 0.467 e. The molecule has 0 saturated carbocycles. The minimum Gasteiger partial charge on any atom is -0.467 e. The van der Waals surface area contributed by atoms with Crippen molar-refractivity contribution >= 4 is 17.6 Å². The van der Waals surface area contributed by atoms with Crippen molar-refractivity contribution in [2.24, 2.45) is 5.92 Å². The Morgan fingerprint density at radius 2 is 2.55 bits per heavy atom. The quantitative estimate of drug-likeness (QED) is 0.464. The first-order valence-electron chi connectivity index (χ1n) is 3.55. The van der Waals surface area contributed by atoms with Gasteiger partial charge in [-0.05, 0) is 6.42 Å². The molecule has 4 heteroatoms. The van der Waals surface area contributed by atoms with Crippen molar-refractivity contribution < 1.29 is 14.3 Å². The maximum atomic E-state index is 11.0. The highest BCUT2D eigenvalue weighted by Crippen LogP contribution is 2.22. The summed E-state index contributed by atoms with van der Waals surface area (Å²) in [6.07, 6.45) is 0.418. The molecule has 1 rings (SSSR count). The molecule has 2 atom stereocenters. The zero-order chi connectivity index (χ0) is 8.27. The van der Waals surface area contributed by atoms with Gasteiger partial charge < -0.3 is 9.47 Å². The maximum Gasteiger partial charge on any atom is 0.335 e. The van der Waals surface area contributed by atoms with E-state index in [9.17, 15) is 4.79 Å². The third-order valence-electron chi connectivity index (χ3n) is 1.85. The second-order valence-corrected chi connectivity index (χ2v) is 2.83. The van der Waals surface area contributed by atoms with E-state index in [1.807, 2.05) is 0 Å². The smallest absolute Gasteiger partial charge is 0.335 e.